The molecule has 2 amide bonds. The monoisotopic (exact) mass is 274 g/mol. The molecule has 1 saturated heterocycles. The van der Waals surface area contributed by atoms with Crippen molar-refractivity contribution in [3.63, 3.8) is 0 Å². The standard InChI is InChI=1S/C11H18N2O2S2/c1-3-5-6-12-9(14)7-13-10(15)8(4-2)17-11(13)16/h8H,3-7H2,1-2H3,(H,12,14). The summed E-state index contributed by atoms with van der Waals surface area (Å²) in [5, 5.41) is 2.68. The Kier molecular flexibility index (Phi) is 5.91. The number of hydrogen-bond donors (Lipinski definition) is 1. The van der Waals surface area contributed by atoms with Crippen molar-refractivity contribution >= 4 is 40.1 Å². The van der Waals surface area contributed by atoms with Gasteiger partial charge < -0.3 is 5.32 Å². The Bertz CT molecular complexity index is 321. The van der Waals surface area contributed by atoms with Crippen molar-refractivity contribution in [2.45, 2.75) is 38.4 Å². The average Bonchev–Trinajstić information content (AvgIpc) is 2.57. The van der Waals surface area contributed by atoms with Crippen molar-refractivity contribution in [2.24, 2.45) is 0 Å². The second-order valence-electron chi connectivity index (χ2n) is 3.91. The summed E-state index contributed by atoms with van der Waals surface area (Å²) in [4.78, 5) is 24.8. The van der Waals surface area contributed by atoms with Gasteiger partial charge in [-0.25, -0.2) is 0 Å². The molecule has 1 heterocycles. The smallest absolute Gasteiger partial charge is 0.242 e. The summed E-state index contributed by atoms with van der Waals surface area (Å²) in [5.41, 5.74) is 0. The van der Waals surface area contributed by atoms with Crippen molar-refractivity contribution in [3.8, 4) is 0 Å². The van der Waals surface area contributed by atoms with Crippen molar-refractivity contribution in [1.82, 2.24) is 10.2 Å². The first-order valence-corrected chi connectivity index (χ1v) is 7.17. The van der Waals surface area contributed by atoms with E-state index >= 15 is 0 Å². The van der Waals surface area contributed by atoms with Gasteiger partial charge in [-0.3, -0.25) is 14.5 Å². The minimum absolute atomic E-state index is 0.0341. The van der Waals surface area contributed by atoms with Crippen LogP contribution >= 0.6 is 24.0 Å². The Morgan fingerprint density at radius 1 is 1.53 bits per heavy atom. The number of rotatable bonds is 6. The van der Waals surface area contributed by atoms with E-state index in [0.717, 1.165) is 19.3 Å². The van der Waals surface area contributed by atoms with Crippen molar-refractivity contribution in [3.05, 3.63) is 0 Å². The predicted octanol–water partition coefficient (Wildman–Crippen LogP) is 1.54. The van der Waals surface area contributed by atoms with Crippen molar-refractivity contribution in [2.75, 3.05) is 13.1 Å². The zero-order valence-electron chi connectivity index (χ0n) is 10.2. The topological polar surface area (TPSA) is 49.4 Å². The Morgan fingerprint density at radius 3 is 2.76 bits per heavy atom. The normalized spacial score (nSPS) is 19.9. The Hall–Kier alpha value is -0.620. The van der Waals surface area contributed by atoms with E-state index in [1.807, 2.05) is 6.92 Å². The van der Waals surface area contributed by atoms with Crippen LogP contribution in [0, 0.1) is 0 Å². The fraction of sp³-hybridized carbons (Fsp3) is 0.727. The molecule has 0 aromatic carbocycles. The van der Waals surface area contributed by atoms with Crippen LogP contribution in [-0.2, 0) is 9.59 Å². The molecule has 1 aliphatic heterocycles. The lowest BCUT2D eigenvalue weighted by molar-refractivity contribution is -0.131. The number of thiocarbonyl (C=S) groups is 1. The highest BCUT2D eigenvalue weighted by molar-refractivity contribution is 8.24. The molecule has 0 aromatic heterocycles. The van der Waals surface area contributed by atoms with Gasteiger partial charge in [0.05, 0.1) is 5.25 Å². The van der Waals surface area contributed by atoms with Crippen LogP contribution in [0.25, 0.3) is 0 Å². The third-order valence-electron chi connectivity index (χ3n) is 2.53. The lowest BCUT2D eigenvalue weighted by Gasteiger charge is -2.14. The predicted molar refractivity (Wildman–Crippen MR) is 73.9 cm³/mol. The van der Waals surface area contributed by atoms with E-state index in [1.54, 1.807) is 0 Å². The van der Waals surface area contributed by atoms with Gasteiger partial charge in [0, 0.05) is 6.54 Å². The van der Waals surface area contributed by atoms with Gasteiger partial charge in [0.25, 0.3) is 0 Å². The van der Waals surface area contributed by atoms with Gasteiger partial charge in [-0.05, 0) is 12.8 Å². The molecule has 4 nitrogen and oxygen atoms in total. The summed E-state index contributed by atoms with van der Waals surface area (Å²) in [6.45, 7) is 4.73. The molecule has 0 spiro atoms. The summed E-state index contributed by atoms with van der Waals surface area (Å²) in [7, 11) is 0. The van der Waals surface area contributed by atoms with Crippen LogP contribution < -0.4 is 5.32 Å². The number of thioether (sulfide) groups is 1. The number of carbonyl (C=O) groups is 2. The summed E-state index contributed by atoms with van der Waals surface area (Å²) >= 11 is 6.48. The molecule has 0 aliphatic carbocycles. The summed E-state index contributed by atoms with van der Waals surface area (Å²) in [5.74, 6) is -0.167. The molecule has 1 fully saturated rings. The van der Waals surface area contributed by atoms with Crippen LogP contribution in [0.2, 0.25) is 0 Å². The SMILES string of the molecule is CCCCNC(=O)CN1C(=O)C(CC)SC1=S. The minimum Gasteiger partial charge on any atom is -0.355 e. The molecule has 6 heteroatoms. The number of nitrogens with one attached hydrogen (secondary N) is 1. The minimum atomic E-state index is -0.133. The van der Waals surface area contributed by atoms with Gasteiger partial charge in [0.15, 0.2) is 0 Å². The largest absolute Gasteiger partial charge is 0.355 e. The third-order valence-corrected chi connectivity index (χ3v) is 4.28. The van der Waals surface area contributed by atoms with E-state index in [2.05, 4.69) is 12.2 Å². The fourth-order valence-corrected chi connectivity index (χ4v) is 2.93. The summed E-state index contributed by atoms with van der Waals surface area (Å²) in [6.07, 6.45) is 2.74. The summed E-state index contributed by atoms with van der Waals surface area (Å²) in [6, 6.07) is 0. The fourth-order valence-electron chi connectivity index (χ4n) is 1.50. The van der Waals surface area contributed by atoms with Crippen molar-refractivity contribution < 1.29 is 9.59 Å². The van der Waals surface area contributed by atoms with Gasteiger partial charge in [0.2, 0.25) is 11.8 Å². The molecule has 0 radical (unpaired) electrons. The quantitative estimate of drug-likeness (QED) is 0.589. The highest BCUT2D eigenvalue weighted by atomic mass is 32.2. The molecule has 0 bridgehead atoms. The number of carbonyl (C=O) groups excluding carboxylic acids is 2. The first-order chi connectivity index (χ1) is 8.10. The van der Waals surface area contributed by atoms with Crippen LogP contribution in [0.5, 0.6) is 0 Å². The number of unbranched alkanes of at least 4 members (excludes halogenated alkanes) is 1. The van der Waals surface area contributed by atoms with Crippen LogP contribution in [0.15, 0.2) is 0 Å². The first-order valence-electron chi connectivity index (χ1n) is 5.88. The molecule has 1 aliphatic rings. The average molecular weight is 274 g/mol. The molecular weight excluding hydrogens is 256 g/mol. The number of hydrogen-bond acceptors (Lipinski definition) is 4. The van der Waals surface area contributed by atoms with E-state index in [0.29, 0.717) is 10.9 Å². The maximum atomic E-state index is 11.9. The van der Waals surface area contributed by atoms with Crippen LogP contribution in [0.1, 0.15) is 33.1 Å². The lowest BCUT2D eigenvalue weighted by atomic mass is 10.3. The van der Waals surface area contributed by atoms with E-state index < -0.39 is 0 Å². The second-order valence-corrected chi connectivity index (χ2v) is 5.75. The highest BCUT2D eigenvalue weighted by Crippen LogP contribution is 2.28. The molecule has 1 N–H and O–H groups in total. The zero-order chi connectivity index (χ0) is 12.8. The number of amides is 2. The van der Waals surface area contributed by atoms with Gasteiger partial charge in [-0.2, -0.15) is 0 Å². The second kappa shape index (κ2) is 6.96. The van der Waals surface area contributed by atoms with Gasteiger partial charge >= 0.3 is 0 Å². The van der Waals surface area contributed by atoms with Crippen LogP contribution in [-0.4, -0.2) is 39.4 Å². The molecule has 0 saturated carbocycles. The molecule has 96 valence electrons. The Morgan fingerprint density at radius 2 is 2.24 bits per heavy atom. The molecule has 17 heavy (non-hydrogen) atoms. The van der Waals surface area contributed by atoms with E-state index in [-0.39, 0.29) is 23.6 Å². The molecule has 0 aromatic rings. The van der Waals surface area contributed by atoms with E-state index in [1.165, 1.54) is 16.7 Å². The molecular formula is C11H18N2O2S2. The van der Waals surface area contributed by atoms with Crippen molar-refractivity contribution in [1.29, 1.82) is 0 Å². The van der Waals surface area contributed by atoms with Crippen LogP contribution in [0.4, 0.5) is 0 Å². The highest BCUT2D eigenvalue weighted by Gasteiger charge is 2.36. The van der Waals surface area contributed by atoms with Gasteiger partial charge in [0.1, 0.15) is 10.9 Å². The van der Waals surface area contributed by atoms with Gasteiger partial charge in [-0.15, -0.1) is 0 Å². The Labute approximate surface area is 111 Å². The summed E-state index contributed by atoms with van der Waals surface area (Å²) < 4.78 is 0.521. The number of nitrogens with zero attached hydrogens (tertiary/aromatic N) is 1. The van der Waals surface area contributed by atoms with Gasteiger partial charge in [-0.1, -0.05) is 44.2 Å². The third kappa shape index (κ3) is 3.96. The maximum absolute atomic E-state index is 11.9. The Balaban J connectivity index is 2.43. The van der Waals surface area contributed by atoms with E-state index in [4.69, 9.17) is 12.2 Å². The molecule has 1 unspecified atom stereocenters. The van der Waals surface area contributed by atoms with E-state index in [9.17, 15) is 9.59 Å². The zero-order valence-corrected chi connectivity index (χ0v) is 11.8. The first kappa shape index (κ1) is 14.4. The lowest BCUT2D eigenvalue weighted by Crippen LogP contribution is -2.41. The molecule has 1 rings (SSSR count). The molecule has 1 atom stereocenters. The van der Waals surface area contributed by atoms with Crippen LogP contribution in [0.3, 0.4) is 0 Å². The maximum Gasteiger partial charge on any atom is 0.242 e.